The quantitative estimate of drug-likeness (QED) is 0.707. The minimum absolute atomic E-state index is 0.103. The van der Waals surface area contributed by atoms with Gasteiger partial charge in [0.05, 0.1) is 27.9 Å². The van der Waals surface area contributed by atoms with E-state index >= 15 is 0 Å². The number of aliphatic hydroxyl groups excluding tert-OH is 1. The highest BCUT2D eigenvalue weighted by atomic mass is 35.5. The smallest absolute Gasteiger partial charge is 0.282 e. The molecule has 0 radical (unpaired) electrons. The first-order valence-corrected chi connectivity index (χ1v) is 10.8. The summed E-state index contributed by atoms with van der Waals surface area (Å²) in [6.07, 6.45) is 0. The van der Waals surface area contributed by atoms with E-state index in [1.165, 1.54) is 22.3 Å². The minimum atomic E-state index is -0.358. The van der Waals surface area contributed by atoms with Crippen LogP contribution in [0.3, 0.4) is 0 Å². The molecule has 1 aromatic heterocycles. The molecule has 0 unspecified atom stereocenters. The van der Waals surface area contributed by atoms with Gasteiger partial charge in [-0.05, 0) is 29.6 Å². The summed E-state index contributed by atoms with van der Waals surface area (Å²) in [6.45, 7) is 3.36. The molecule has 1 aromatic carbocycles. The number of thiophene rings is 1. The minimum Gasteiger partial charge on any atom is -0.395 e. The van der Waals surface area contributed by atoms with Gasteiger partial charge in [-0.3, -0.25) is 14.5 Å². The molecule has 2 aliphatic rings. The largest absolute Gasteiger partial charge is 0.395 e. The molecular formula is C20H19Cl2N3O3S. The number of hydrogen-bond donors (Lipinski definition) is 1. The van der Waals surface area contributed by atoms with Crippen LogP contribution in [0.25, 0.3) is 5.57 Å². The standard InChI is InChI=1S/C20H19Cl2N3O3S/c21-14-4-3-13(12-15(14)22)25-19(27)17(16-2-1-11-29-16)18(20(25)28)24-7-5-23(6-8-24)9-10-26/h1-4,11-12,26H,5-10H2. The first-order valence-electron chi connectivity index (χ1n) is 9.21. The summed E-state index contributed by atoms with van der Waals surface area (Å²) in [6, 6.07) is 8.46. The predicted octanol–water partition coefficient (Wildman–Crippen LogP) is 2.95. The van der Waals surface area contributed by atoms with Gasteiger partial charge in [0.1, 0.15) is 5.70 Å². The van der Waals surface area contributed by atoms with Crippen molar-refractivity contribution in [3.05, 3.63) is 56.3 Å². The number of amides is 2. The maximum atomic E-state index is 13.4. The van der Waals surface area contributed by atoms with Crippen molar-refractivity contribution in [2.24, 2.45) is 0 Å². The third-order valence-corrected chi connectivity index (χ3v) is 6.72. The summed E-state index contributed by atoms with van der Waals surface area (Å²) in [5.41, 5.74) is 1.25. The second-order valence-corrected chi connectivity index (χ2v) is 8.56. The highest BCUT2D eigenvalue weighted by molar-refractivity contribution is 7.11. The second kappa shape index (κ2) is 8.45. The number of β-amino-alcohol motifs (C(OH)–C–C–N with tert-alkyl or cyclic N) is 1. The Hall–Kier alpha value is -1.90. The van der Waals surface area contributed by atoms with E-state index in [0.29, 0.717) is 41.6 Å². The Labute approximate surface area is 182 Å². The van der Waals surface area contributed by atoms with Gasteiger partial charge in [0.2, 0.25) is 0 Å². The van der Waals surface area contributed by atoms with Gasteiger partial charge in [0.15, 0.2) is 0 Å². The van der Waals surface area contributed by atoms with Crippen LogP contribution in [-0.2, 0) is 9.59 Å². The van der Waals surface area contributed by atoms with Gasteiger partial charge in [-0.2, -0.15) is 0 Å². The molecule has 0 aliphatic carbocycles. The van der Waals surface area contributed by atoms with E-state index < -0.39 is 0 Å². The number of carbonyl (C=O) groups excluding carboxylic acids is 2. The van der Waals surface area contributed by atoms with Gasteiger partial charge >= 0.3 is 0 Å². The summed E-state index contributed by atoms with van der Waals surface area (Å²) >= 11 is 13.6. The Morgan fingerprint density at radius 1 is 1.00 bits per heavy atom. The van der Waals surface area contributed by atoms with Crippen molar-refractivity contribution in [1.82, 2.24) is 9.80 Å². The van der Waals surface area contributed by atoms with Gasteiger partial charge in [0, 0.05) is 37.6 Å². The monoisotopic (exact) mass is 451 g/mol. The van der Waals surface area contributed by atoms with E-state index in [1.807, 2.05) is 22.4 Å². The fourth-order valence-electron chi connectivity index (χ4n) is 3.65. The SMILES string of the molecule is O=C1C(c2cccs2)=C(N2CCN(CCO)CC2)C(=O)N1c1ccc(Cl)c(Cl)c1. The van der Waals surface area contributed by atoms with Crippen molar-refractivity contribution in [1.29, 1.82) is 0 Å². The number of anilines is 1. The zero-order valence-electron chi connectivity index (χ0n) is 15.5. The zero-order valence-corrected chi connectivity index (χ0v) is 17.8. The molecule has 0 spiro atoms. The van der Waals surface area contributed by atoms with Crippen LogP contribution in [0.2, 0.25) is 10.0 Å². The van der Waals surface area contributed by atoms with E-state index in [2.05, 4.69) is 4.90 Å². The Morgan fingerprint density at radius 3 is 2.38 bits per heavy atom. The Kier molecular flexibility index (Phi) is 5.94. The van der Waals surface area contributed by atoms with Crippen molar-refractivity contribution in [2.75, 3.05) is 44.2 Å². The fraction of sp³-hybridized carbons (Fsp3) is 0.300. The number of nitrogens with zero attached hydrogens (tertiary/aromatic N) is 3. The van der Waals surface area contributed by atoms with Crippen LogP contribution in [0, 0.1) is 0 Å². The third kappa shape index (κ3) is 3.81. The normalized spacial score (nSPS) is 18.3. The molecule has 1 fully saturated rings. The van der Waals surface area contributed by atoms with Crippen molar-refractivity contribution < 1.29 is 14.7 Å². The predicted molar refractivity (Wildman–Crippen MR) is 115 cm³/mol. The summed E-state index contributed by atoms with van der Waals surface area (Å²) in [5.74, 6) is -0.712. The molecule has 29 heavy (non-hydrogen) atoms. The molecule has 0 bridgehead atoms. The second-order valence-electron chi connectivity index (χ2n) is 6.80. The Balaban J connectivity index is 1.71. The number of carbonyl (C=O) groups is 2. The first kappa shape index (κ1) is 20.4. The molecule has 1 N–H and O–H groups in total. The molecular weight excluding hydrogens is 433 g/mol. The summed E-state index contributed by atoms with van der Waals surface area (Å²) in [7, 11) is 0. The van der Waals surface area contributed by atoms with Gasteiger partial charge in [-0.1, -0.05) is 29.3 Å². The highest BCUT2D eigenvalue weighted by Crippen LogP contribution is 2.38. The lowest BCUT2D eigenvalue weighted by atomic mass is 10.1. The van der Waals surface area contributed by atoms with Crippen molar-refractivity contribution >= 4 is 57.6 Å². The summed E-state index contributed by atoms with van der Waals surface area (Å²) in [5, 5.41) is 11.7. The first-order chi connectivity index (χ1) is 14.0. The lowest BCUT2D eigenvalue weighted by Gasteiger charge is -2.36. The number of hydrogen-bond acceptors (Lipinski definition) is 6. The maximum absolute atomic E-state index is 13.4. The number of aliphatic hydroxyl groups is 1. The van der Waals surface area contributed by atoms with Gasteiger partial charge in [-0.15, -0.1) is 11.3 Å². The number of rotatable bonds is 5. The lowest BCUT2D eigenvalue weighted by molar-refractivity contribution is -0.120. The van der Waals surface area contributed by atoms with E-state index in [1.54, 1.807) is 12.1 Å². The molecule has 4 rings (SSSR count). The molecule has 2 aliphatic heterocycles. The Bertz CT molecular complexity index is 969. The molecule has 9 heteroatoms. The van der Waals surface area contributed by atoms with Crippen LogP contribution in [0.15, 0.2) is 41.4 Å². The number of imide groups is 1. The topological polar surface area (TPSA) is 64.1 Å². The van der Waals surface area contributed by atoms with E-state index in [0.717, 1.165) is 18.0 Å². The average molecular weight is 452 g/mol. The molecule has 1 saturated heterocycles. The molecule has 152 valence electrons. The van der Waals surface area contributed by atoms with Crippen LogP contribution in [-0.4, -0.2) is 66.1 Å². The number of benzene rings is 1. The van der Waals surface area contributed by atoms with E-state index in [-0.39, 0.29) is 23.4 Å². The van der Waals surface area contributed by atoms with Gasteiger partial charge in [-0.25, -0.2) is 4.90 Å². The third-order valence-electron chi connectivity index (χ3n) is 5.09. The number of halogens is 2. The van der Waals surface area contributed by atoms with Gasteiger partial charge in [0.25, 0.3) is 11.8 Å². The van der Waals surface area contributed by atoms with Crippen molar-refractivity contribution in [3.8, 4) is 0 Å². The number of piperazine rings is 1. The molecule has 0 atom stereocenters. The Morgan fingerprint density at radius 2 is 1.76 bits per heavy atom. The van der Waals surface area contributed by atoms with E-state index in [9.17, 15) is 9.59 Å². The maximum Gasteiger partial charge on any atom is 0.282 e. The summed E-state index contributed by atoms with van der Waals surface area (Å²) < 4.78 is 0. The van der Waals surface area contributed by atoms with Crippen LogP contribution in [0.1, 0.15) is 4.88 Å². The van der Waals surface area contributed by atoms with Crippen LogP contribution < -0.4 is 4.90 Å². The van der Waals surface area contributed by atoms with Crippen LogP contribution in [0.4, 0.5) is 5.69 Å². The molecule has 0 saturated carbocycles. The van der Waals surface area contributed by atoms with Crippen LogP contribution in [0.5, 0.6) is 0 Å². The molecule has 3 heterocycles. The lowest BCUT2D eigenvalue weighted by Crippen LogP contribution is -2.48. The molecule has 2 aromatic rings. The molecule has 6 nitrogen and oxygen atoms in total. The van der Waals surface area contributed by atoms with Crippen molar-refractivity contribution in [2.45, 2.75) is 0 Å². The summed E-state index contributed by atoms with van der Waals surface area (Å²) in [4.78, 5) is 32.8. The zero-order chi connectivity index (χ0) is 20.5. The fourth-order valence-corrected chi connectivity index (χ4v) is 4.70. The van der Waals surface area contributed by atoms with Gasteiger partial charge < -0.3 is 10.0 Å². The van der Waals surface area contributed by atoms with Crippen molar-refractivity contribution in [3.63, 3.8) is 0 Å². The average Bonchev–Trinajstić information content (AvgIpc) is 3.31. The highest BCUT2D eigenvalue weighted by Gasteiger charge is 2.43. The molecule has 2 amide bonds. The van der Waals surface area contributed by atoms with Crippen LogP contribution >= 0.6 is 34.5 Å². The van der Waals surface area contributed by atoms with E-state index in [4.69, 9.17) is 28.3 Å².